The Hall–Kier alpha value is -0.250. The number of nitrogens with one attached hydrogen (secondary N) is 1. The summed E-state index contributed by atoms with van der Waals surface area (Å²) in [6.45, 7) is 9.32. The van der Waals surface area contributed by atoms with Gasteiger partial charge in [0.25, 0.3) is 0 Å². The van der Waals surface area contributed by atoms with Gasteiger partial charge in [0.15, 0.2) is 0 Å². The molecule has 2 atom stereocenters. The second-order valence-electron chi connectivity index (χ2n) is 6.26. The lowest BCUT2D eigenvalue weighted by atomic mass is 9.91. The molecule has 0 aliphatic heterocycles. The van der Waals surface area contributed by atoms with Crippen molar-refractivity contribution >= 4 is 28.3 Å². The van der Waals surface area contributed by atoms with Gasteiger partial charge in [-0.2, -0.15) is 0 Å². The van der Waals surface area contributed by atoms with Crippen LogP contribution >= 0.6 is 22.6 Å². The summed E-state index contributed by atoms with van der Waals surface area (Å²) in [5.41, 5.74) is 3.16. The van der Waals surface area contributed by atoms with Crippen LogP contribution < -0.4 is 5.32 Å². The van der Waals surface area contributed by atoms with Crippen LogP contribution in [0, 0.1) is 21.8 Å². The summed E-state index contributed by atoms with van der Waals surface area (Å²) >= 11 is 2.37. The summed E-state index contributed by atoms with van der Waals surface area (Å²) in [6.07, 6.45) is 2.60. The molecule has 2 rings (SSSR count). The topological polar surface area (TPSA) is 12.0 Å². The number of aryl methyl sites for hydroxylation is 1. The fourth-order valence-corrected chi connectivity index (χ4v) is 3.72. The monoisotopic (exact) mass is 343 g/mol. The van der Waals surface area contributed by atoms with Gasteiger partial charge in [0.05, 0.1) is 0 Å². The largest absolute Gasteiger partial charge is 0.382 e. The highest BCUT2D eigenvalue weighted by Gasteiger charge is 2.36. The molecule has 1 saturated carbocycles. The van der Waals surface area contributed by atoms with Crippen molar-refractivity contribution in [3.8, 4) is 0 Å². The van der Waals surface area contributed by atoms with Gasteiger partial charge >= 0.3 is 0 Å². The first kappa shape index (κ1) is 13.2. The van der Waals surface area contributed by atoms with Gasteiger partial charge in [-0.05, 0) is 77.5 Å². The smallest absolute Gasteiger partial charge is 0.0372 e. The van der Waals surface area contributed by atoms with Crippen LogP contribution in [0.4, 0.5) is 5.69 Å². The van der Waals surface area contributed by atoms with E-state index in [0.29, 0.717) is 11.5 Å². The quantitative estimate of drug-likeness (QED) is 0.758. The van der Waals surface area contributed by atoms with Crippen molar-refractivity contribution in [1.82, 2.24) is 0 Å². The molecule has 1 aliphatic rings. The van der Waals surface area contributed by atoms with Crippen molar-refractivity contribution in [3.05, 3.63) is 27.3 Å². The molecule has 0 radical (unpaired) electrons. The second kappa shape index (κ2) is 4.79. The highest BCUT2D eigenvalue weighted by molar-refractivity contribution is 14.1. The molecule has 1 aromatic carbocycles. The summed E-state index contributed by atoms with van der Waals surface area (Å²) in [5.74, 6) is 0.767. The summed E-state index contributed by atoms with van der Waals surface area (Å²) in [6, 6.07) is 7.27. The Morgan fingerprint density at radius 2 is 2.00 bits per heavy atom. The van der Waals surface area contributed by atoms with Gasteiger partial charge in [-0.15, -0.1) is 0 Å². The minimum Gasteiger partial charge on any atom is -0.382 e. The molecule has 1 fully saturated rings. The highest BCUT2D eigenvalue weighted by Crippen LogP contribution is 2.42. The Bertz CT molecular complexity index is 411. The van der Waals surface area contributed by atoms with Crippen LogP contribution in [0.15, 0.2) is 18.2 Å². The van der Waals surface area contributed by atoms with Crippen LogP contribution in [-0.4, -0.2) is 6.04 Å². The zero-order chi connectivity index (χ0) is 12.6. The van der Waals surface area contributed by atoms with E-state index >= 15 is 0 Å². The second-order valence-corrected chi connectivity index (χ2v) is 7.51. The third kappa shape index (κ3) is 3.15. The van der Waals surface area contributed by atoms with E-state index in [1.165, 1.54) is 27.7 Å². The van der Waals surface area contributed by atoms with Crippen molar-refractivity contribution < 1.29 is 0 Å². The maximum absolute atomic E-state index is 3.74. The average Bonchev–Trinajstić information content (AvgIpc) is 2.44. The molecular formula is C15H22IN. The summed E-state index contributed by atoms with van der Waals surface area (Å²) in [7, 11) is 0. The lowest BCUT2D eigenvalue weighted by Gasteiger charge is -2.21. The van der Waals surface area contributed by atoms with Crippen LogP contribution in [0.5, 0.6) is 0 Å². The van der Waals surface area contributed by atoms with Gasteiger partial charge < -0.3 is 5.32 Å². The Morgan fingerprint density at radius 1 is 1.29 bits per heavy atom. The summed E-state index contributed by atoms with van der Waals surface area (Å²) < 4.78 is 1.31. The molecular weight excluding hydrogens is 321 g/mol. The minimum absolute atomic E-state index is 0.494. The molecule has 17 heavy (non-hydrogen) atoms. The van der Waals surface area contributed by atoms with Crippen LogP contribution in [-0.2, 0) is 0 Å². The number of halogens is 1. The molecule has 1 aliphatic carbocycles. The molecule has 1 N–H and O–H groups in total. The van der Waals surface area contributed by atoms with Gasteiger partial charge in [0.1, 0.15) is 0 Å². The Balaban J connectivity index is 2.11. The van der Waals surface area contributed by atoms with Crippen molar-refractivity contribution in [3.63, 3.8) is 0 Å². The molecule has 1 nitrogen and oxygen atoms in total. The lowest BCUT2D eigenvalue weighted by molar-refractivity contribution is 0.366. The molecule has 0 aromatic heterocycles. The van der Waals surface area contributed by atoms with E-state index in [-0.39, 0.29) is 0 Å². The number of anilines is 1. The zero-order valence-electron chi connectivity index (χ0n) is 11.2. The van der Waals surface area contributed by atoms with Gasteiger partial charge in [0, 0.05) is 15.3 Å². The van der Waals surface area contributed by atoms with Crippen LogP contribution in [0.3, 0.4) is 0 Å². The van der Waals surface area contributed by atoms with Crippen LogP contribution in [0.25, 0.3) is 0 Å². The molecule has 2 unspecified atom stereocenters. The Morgan fingerprint density at radius 3 is 2.53 bits per heavy atom. The first-order valence-corrected chi connectivity index (χ1v) is 7.48. The Labute approximate surface area is 119 Å². The Kier molecular flexibility index (Phi) is 3.71. The fourth-order valence-electron chi connectivity index (χ4n) is 3.08. The van der Waals surface area contributed by atoms with E-state index in [0.717, 1.165) is 5.92 Å². The molecule has 0 amide bonds. The van der Waals surface area contributed by atoms with Gasteiger partial charge in [-0.25, -0.2) is 0 Å². The normalized spacial score (nSPS) is 27.1. The van der Waals surface area contributed by atoms with E-state index < -0.39 is 0 Å². The molecule has 2 heteroatoms. The number of benzene rings is 1. The summed E-state index contributed by atoms with van der Waals surface area (Å²) in [4.78, 5) is 0. The van der Waals surface area contributed by atoms with Gasteiger partial charge in [-0.3, -0.25) is 0 Å². The van der Waals surface area contributed by atoms with E-state index in [2.05, 4.69) is 73.8 Å². The predicted octanol–water partition coefficient (Wildman–Crippen LogP) is 4.84. The molecule has 0 spiro atoms. The molecule has 94 valence electrons. The lowest BCUT2D eigenvalue weighted by Crippen LogP contribution is -2.23. The summed E-state index contributed by atoms with van der Waals surface area (Å²) in [5, 5.41) is 3.74. The third-order valence-corrected chi connectivity index (χ3v) is 4.53. The van der Waals surface area contributed by atoms with Crippen molar-refractivity contribution in [2.45, 2.75) is 46.6 Å². The number of rotatable bonds is 2. The number of hydrogen-bond donors (Lipinski definition) is 1. The highest BCUT2D eigenvalue weighted by atomic mass is 127. The van der Waals surface area contributed by atoms with Crippen LogP contribution in [0.2, 0.25) is 0 Å². The standard InChI is InChI=1S/C15H22IN/c1-10-7-12(16)5-6-13(10)17-14-9-15(3,4)8-11(14)2/h5-7,11,14,17H,8-9H2,1-4H3. The van der Waals surface area contributed by atoms with Crippen molar-refractivity contribution in [2.75, 3.05) is 5.32 Å². The van der Waals surface area contributed by atoms with Gasteiger partial charge in [-0.1, -0.05) is 20.8 Å². The molecule has 0 bridgehead atoms. The van der Waals surface area contributed by atoms with E-state index in [4.69, 9.17) is 0 Å². The predicted molar refractivity (Wildman–Crippen MR) is 83.5 cm³/mol. The SMILES string of the molecule is Cc1cc(I)ccc1NC1CC(C)(C)CC1C. The molecule has 1 aromatic rings. The average molecular weight is 343 g/mol. The third-order valence-electron chi connectivity index (χ3n) is 3.86. The minimum atomic E-state index is 0.494. The van der Waals surface area contributed by atoms with E-state index in [1.807, 2.05) is 0 Å². The van der Waals surface area contributed by atoms with Crippen molar-refractivity contribution in [1.29, 1.82) is 0 Å². The van der Waals surface area contributed by atoms with E-state index in [1.54, 1.807) is 0 Å². The fraction of sp³-hybridized carbons (Fsp3) is 0.600. The molecule has 0 saturated heterocycles. The van der Waals surface area contributed by atoms with Crippen LogP contribution in [0.1, 0.15) is 39.2 Å². The maximum Gasteiger partial charge on any atom is 0.0372 e. The number of hydrogen-bond acceptors (Lipinski definition) is 1. The molecule has 0 heterocycles. The zero-order valence-corrected chi connectivity index (χ0v) is 13.3. The van der Waals surface area contributed by atoms with Crippen molar-refractivity contribution in [2.24, 2.45) is 11.3 Å². The maximum atomic E-state index is 3.74. The van der Waals surface area contributed by atoms with Gasteiger partial charge in [0.2, 0.25) is 0 Å². The first-order valence-electron chi connectivity index (χ1n) is 6.40. The first-order chi connectivity index (χ1) is 7.87. The van der Waals surface area contributed by atoms with E-state index in [9.17, 15) is 0 Å².